The molecule has 10 aromatic carbocycles. The van der Waals surface area contributed by atoms with Crippen LogP contribution in [-0.4, -0.2) is 17.3 Å². The van der Waals surface area contributed by atoms with Crippen LogP contribution in [0, 0.1) is 0 Å². The van der Waals surface area contributed by atoms with Crippen molar-refractivity contribution in [3.63, 3.8) is 0 Å². The quantitative estimate of drug-likeness (QED) is 0.0948. The van der Waals surface area contributed by atoms with E-state index in [2.05, 4.69) is 277 Å². The van der Waals surface area contributed by atoms with Gasteiger partial charge >= 0.3 is 0 Å². The molecule has 0 bridgehead atoms. The Balaban J connectivity index is 1.18. The second-order valence-electron chi connectivity index (χ2n) is 18.5. The van der Waals surface area contributed by atoms with Gasteiger partial charge in [-0.15, -0.1) is 0 Å². The molecule has 0 spiro atoms. The topological polar surface area (TPSA) is 41.4 Å². The molecular weight excluding hydrogens is 885 g/mol. The van der Waals surface area contributed by atoms with Gasteiger partial charge in [-0.25, -0.2) is 0 Å². The third-order valence-corrected chi connectivity index (χ3v) is 14.0. The zero-order chi connectivity index (χ0) is 49.3. The molecule has 1 aromatic heterocycles. The summed E-state index contributed by atoms with van der Waals surface area (Å²) < 4.78 is 2.49. The van der Waals surface area contributed by atoms with Gasteiger partial charge in [-0.3, -0.25) is 4.99 Å². The monoisotopic (exact) mass is 942 g/mol. The summed E-state index contributed by atoms with van der Waals surface area (Å²) in [7, 11) is 2.00. The van der Waals surface area contributed by atoms with Gasteiger partial charge in [-0.05, 0) is 135 Å². The summed E-state index contributed by atoms with van der Waals surface area (Å²) >= 11 is 0. The molecule has 0 saturated carbocycles. The maximum atomic E-state index is 5.78. The number of hydrogen-bond donors (Lipinski definition) is 2. The normalized spacial score (nSPS) is 11.8. The zero-order valence-corrected chi connectivity index (χ0v) is 41.5. The molecule has 4 heteroatoms. The first-order chi connectivity index (χ1) is 36.1. The second-order valence-corrected chi connectivity index (χ2v) is 18.5. The van der Waals surface area contributed by atoms with Crippen LogP contribution in [0.5, 0.6) is 0 Å². The van der Waals surface area contributed by atoms with Gasteiger partial charge in [-0.1, -0.05) is 213 Å². The molecule has 0 fully saturated rings. The maximum absolute atomic E-state index is 5.78. The summed E-state index contributed by atoms with van der Waals surface area (Å²) in [6, 6.07) is 89.7. The van der Waals surface area contributed by atoms with Gasteiger partial charge in [0.1, 0.15) is 6.67 Å². The molecule has 73 heavy (non-hydrogen) atoms. The highest BCUT2D eigenvalue weighted by Crippen LogP contribution is 2.48. The number of hydrogen-bond acceptors (Lipinski definition) is 3. The minimum atomic E-state index is 0.408. The highest BCUT2D eigenvalue weighted by molar-refractivity contribution is 6.21. The minimum Gasteiger partial charge on any atom is -0.388 e. The summed E-state index contributed by atoms with van der Waals surface area (Å²) in [5.74, 6) is 0. The molecule has 11 rings (SSSR count). The molecule has 0 radical (unpaired) electrons. The first-order valence-electron chi connectivity index (χ1n) is 25.5. The van der Waals surface area contributed by atoms with E-state index in [-0.39, 0.29) is 0 Å². The van der Waals surface area contributed by atoms with E-state index < -0.39 is 0 Å². The van der Waals surface area contributed by atoms with Gasteiger partial charge in [0.15, 0.2) is 0 Å². The summed E-state index contributed by atoms with van der Waals surface area (Å²) in [5.41, 5.74) is 21.8. The van der Waals surface area contributed by atoms with Crippen molar-refractivity contribution in [3.8, 4) is 55.6 Å². The van der Waals surface area contributed by atoms with Gasteiger partial charge < -0.3 is 15.2 Å². The highest BCUT2D eigenvalue weighted by Gasteiger charge is 2.25. The highest BCUT2D eigenvalue weighted by atomic mass is 15.1. The number of fused-ring (bicyclic) bond motifs is 3. The number of benzene rings is 10. The number of aliphatic imine (C=N–C) groups is 1. The first-order valence-corrected chi connectivity index (χ1v) is 25.5. The second kappa shape index (κ2) is 21.6. The zero-order valence-electron chi connectivity index (χ0n) is 41.5. The molecule has 0 atom stereocenters. The Morgan fingerprint density at radius 1 is 0.493 bits per heavy atom. The average molecular weight is 943 g/mol. The predicted octanol–water partition coefficient (Wildman–Crippen LogP) is 17.9. The van der Waals surface area contributed by atoms with Crippen LogP contribution >= 0.6 is 0 Å². The van der Waals surface area contributed by atoms with Gasteiger partial charge in [-0.2, -0.15) is 0 Å². The van der Waals surface area contributed by atoms with Crippen molar-refractivity contribution in [2.45, 2.75) is 32.9 Å². The maximum Gasteiger partial charge on any atom is 0.115 e. The molecule has 0 amide bonds. The number of nitrogens with zero attached hydrogens (tertiary/aromatic N) is 2. The van der Waals surface area contributed by atoms with Gasteiger partial charge in [0.25, 0.3) is 0 Å². The van der Waals surface area contributed by atoms with Gasteiger partial charge in [0.05, 0.1) is 11.0 Å². The third-order valence-electron chi connectivity index (χ3n) is 14.0. The van der Waals surface area contributed by atoms with Crippen LogP contribution in [0.4, 0.5) is 11.4 Å². The van der Waals surface area contributed by atoms with E-state index in [0.29, 0.717) is 6.67 Å². The number of allylic oxidation sites excluding steroid dienone is 1. The molecule has 354 valence electrons. The standard InChI is InChI=1S/C69H58N4/c1-3-49-25-19-20-38-60(49)68-65(72-59-36-17-8-18-37-59)47-62(58-45-56(51-28-11-5-12-29-51)44-57(46-58)52-30-13-6-14-31-52)67-61-39-21-22-42-66(61)73(69(67)68)48-71-64(41-24-40-63(70-2)53-32-15-7-16-33-53)55-35-23-34-54(43-55)50-26-9-4-10-27-50/h4-23,25-40,42-47,70,72H,3,24,41,48H2,1-2H3/b63-40-,71-64+. The molecule has 0 saturated heterocycles. The molecule has 11 aromatic rings. The number of rotatable bonds is 16. The average Bonchev–Trinajstić information content (AvgIpc) is 3.80. The Morgan fingerprint density at radius 2 is 1.04 bits per heavy atom. The van der Waals surface area contributed by atoms with E-state index in [0.717, 1.165) is 75.3 Å². The van der Waals surface area contributed by atoms with Crippen molar-refractivity contribution in [1.82, 2.24) is 9.88 Å². The Bertz CT molecular complexity index is 3670. The van der Waals surface area contributed by atoms with E-state index in [1.54, 1.807) is 0 Å². The van der Waals surface area contributed by atoms with Crippen LogP contribution in [0.25, 0.3) is 83.1 Å². The minimum absolute atomic E-state index is 0.408. The van der Waals surface area contributed by atoms with Crippen molar-refractivity contribution in [1.29, 1.82) is 0 Å². The predicted molar refractivity (Wildman–Crippen MR) is 311 cm³/mol. The van der Waals surface area contributed by atoms with Crippen molar-refractivity contribution < 1.29 is 0 Å². The van der Waals surface area contributed by atoms with Gasteiger partial charge in [0.2, 0.25) is 0 Å². The van der Waals surface area contributed by atoms with E-state index in [1.165, 1.54) is 60.8 Å². The van der Waals surface area contributed by atoms with Crippen LogP contribution in [0.2, 0.25) is 0 Å². The van der Waals surface area contributed by atoms with Crippen LogP contribution < -0.4 is 10.6 Å². The van der Waals surface area contributed by atoms with E-state index in [4.69, 9.17) is 4.99 Å². The van der Waals surface area contributed by atoms with Crippen LogP contribution in [0.1, 0.15) is 36.5 Å². The van der Waals surface area contributed by atoms with Crippen molar-refractivity contribution in [2.24, 2.45) is 4.99 Å². The molecule has 0 unspecified atom stereocenters. The van der Waals surface area contributed by atoms with Crippen molar-refractivity contribution in [2.75, 3.05) is 12.4 Å². The third kappa shape index (κ3) is 9.89. The summed E-state index contributed by atoms with van der Waals surface area (Å²) in [4.78, 5) is 5.78. The molecule has 0 aliphatic heterocycles. The van der Waals surface area contributed by atoms with E-state index in [1.807, 2.05) is 7.05 Å². The fourth-order valence-electron chi connectivity index (χ4n) is 10.4. The van der Waals surface area contributed by atoms with E-state index in [9.17, 15) is 0 Å². The molecular formula is C69H58N4. The van der Waals surface area contributed by atoms with Crippen molar-refractivity contribution in [3.05, 3.63) is 271 Å². The molecule has 4 nitrogen and oxygen atoms in total. The lowest BCUT2D eigenvalue weighted by molar-refractivity contribution is 0.788. The fraction of sp³-hybridized carbons (Fsp3) is 0.0870. The van der Waals surface area contributed by atoms with Crippen LogP contribution in [0.3, 0.4) is 0 Å². The Labute approximate surface area is 429 Å². The lowest BCUT2D eigenvalue weighted by Gasteiger charge is -2.21. The molecule has 0 aliphatic carbocycles. The molecule has 1 heterocycles. The number of para-hydroxylation sites is 2. The number of anilines is 2. The Morgan fingerprint density at radius 3 is 1.70 bits per heavy atom. The fourth-order valence-corrected chi connectivity index (χ4v) is 10.4. The summed E-state index contributed by atoms with van der Waals surface area (Å²) in [6.45, 7) is 2.67. The largest absolute Gasteiger partial charge is 0.388 e. The van der Waals surface area contributed by atoms with Gasteiger partial charge in [0, 0.05) is 46.2 Å². The lowest BCUT2D eigenvalue weighted by atomic mass is 9.88. The van der Waals surface area contributed by atoms with Crippen LogP contribution in [0.15, 0.2) is 260 Å². The van der Waals surface area contributed by atoms with Crippen LogP contribution in [-0.2, 0) is 13.1 Å². The Kier molecular flexibility index (Phi) is 13.7. The number of nitrogens with one attached hydrogen (secondary N) is 2. The number of aryl methyl sites for hydroxylation is 1. The first kappa shape index (κ1) is 46.4. The summed E-state index contributed by atoms with van der Waals surface area (Å²) in [5, 5.41) is 9.85. The number of aromatic nitrogens is 1. The summed E-state index contributed by atoms with van der Waals surface area (Å²) in [6.07, 6.45) is 4.75. The van der Waals surface area contributed by atoms with E-state index >= 15 is 0 Å². The Hall–Kier alpha value is -8.99. The smallest absolute Gasteiger partial charge is 0.115 e. The molecule has 0 aliphatic rings. The van der Waals surface area contributed by atoms with Crippen molar-refractivity contribution >= 4 is 44.6 Å². The lowest BCUT2D eigenvalue weighted by Crippen LogP contribution is -2.07. The SMILES string of the molecule is CCc1ccccc1-c1c(Nc2ccccc2)cc(-c2cc(-c3ccccc3)cc(-c3ccccc3)c2)c2c3ccccc3n(C/N=C(\CC/C=C(\NC)c3ccccc3)c3cccc(-c4ccccc4)c3)c12. The molecule has 2 N–H and O–H groups in total.